The Morgan fingerprint density at radius 2 is 1.79 bits per heavy atom. The summed E-state index contributed by atoms with van der Waals surface area (Å²) in [6, 6.07) is 3.56. The van der Waals surface area contributed by atoms with Crippen molar-refractivity contribution in [3.8, 4) is 0 Å². The Morgan fingerprint density at radius 3 is 2.29 bits per heavy atom. The summed E-state index contributed by atoms with van der Waals surface area (Å²) < 4.78 is 29.3. The van der Waals surface area contributed by atoms with E-state index in [1.807, 2.05) is 18.5 Å². The van der Waals surface area contributed by atoms with Crippen LogP contribution in [0.5, 0.6) is 0 Å². The van der Waals surface area contributed by atoms with Crippen LogP contribution in [-0.4, -0.2) is 21.4 Å². The van der Waals surface area contributed by atoms with E-state index in [0.717, 1.165) is 29.1 Å². The van der Waals surface area contributed by atoms with Crippen LogP contribution in [0, 0.1) is 25.5 Å². The second-order valence-electron chi connectivity index (χ2n) is 7.01. The number of halogens is 2. The molecule has 24 heavy (non-hydrogen) atoms. The quantitative estimate of drug-likeness (QED) is 0.880. The van der Waals surface area contributed by atoms with Crippen LogP contribution in [0.25, 0.3) is 0 Å². The van der Waals surface area contributed by atoms with Gasteiger partial charge in [-0.05, 0) is 46.8 Å². The van der Waals surface area contributed by atoms with Gasteiger partial charge in [0.05, 0.1) is 22.9 Å². The summed E-state index contributed by atoms with van der Waals surface area (Å²) in [5.74, 6) is -1.48. The van der Waals surface area contributed by atoms with E-state index >= 15 is 0 Å². The maximum atomic E-state index is 13.7. The van der Waals surface area contributed by atoms with Gasteiger partial charge < -0.3 is 10.4 Å². The Hall–Kier alpha value is -1.79. The number of aryl methyl sites for hydroxylation is 1. The van der Waals surface area contributed by atoms with Crippen LogP contribution in [-0.2, 0) is 12.1 Å². The molecule has 4 nitrogen and oxygen atoms in total. The van der Waals surface area contributed by atoms with Crippen molar-refractivity contribution in [2.45, 2.75) is 52.8 Å². The highest BCUT2D eigenvalue weighted by Gasteiger charge is 2.21. The van der Waals surface area contributed by atoms with Crippen LogP contribution in [0.1, 0.15) is 49.4 Å². The molecule has 1 heterocycles. The highest BCUT2D eigenvalue weighted by molar-refractivity contribution is 5.26. The smallest absolute Gasteiger partial charge is 0.131 e. The van der Waals surface area contributed by atoms with Crippen molar-refractivity contribution < 1.29 is 13.9 Å². The van der Waals surface area contributed by atoms with Gasteiger partial charge in [0.15, 0.2) is 0 Å². The van der Waals surface area contributed by atoms with Gasteiger partial charge in [0.1, 0.15) is 11.6 Å². The van der Waals surface area contributed by atoms with Crippen LogP contribution in [0.3, 0.4) is 0 Å². The summed E-state index contributed by atoms with van der Waals surface area (Å²) in [5.41, 5.74) is 2.55. The first kappa shape index (κ1) is 18.5. The van der Waals surface area contributed by atoms with Crippen LogP contribution in [0.4, 0.5) is 8.78 Å². The van der Waals surface area contributed by atoms with Gasteiger partial charge in [-0.15, -0.1) is 0 Å². The minimum absolute atomic E-state index is 0.0530. The molecule has 0 saturated carbocycles. The molecule has 2 aromatic rings. The SMILES string of the molecule is Cc1nn(C(C)(C)C)c(C)c1CNCC(O)c1c(F)cccc1F. The van der Waals surface area contributed by atoms with Crippen molar-refractivity contribution in [2.24, 2.45) is 0 Å². The Labute approximate surface area is 141 Å². The van der Waals surface area contributed by atoms with E-state index < -0.39 is 17.7 Å². The number of aliphatic hydroxyl groups excluding tert-OH is 1. The second kappa shape index (κ2) is 6.99. The molecular formula is C18H25F2N3O. The zero-order valence-corrected chi connectivity index (χ0v) is 14.8. The van der Waals surface area contributed by atoms with Crippen molar-refractivity contribution in [2.75, 3.05) is 6.54 Å². The van der Waals surface area contributed by atoms with Crippen molar-refractivity contribution in [3.05, 3.63) is 52.3 Å². The standard InChI is InChI=1S/C18H25F2N3O/c1-11-13(12(2)23(22-11)18(3,4)5)9-21-10-16(24)17-14(19)7-6-8-15(17)20/h6-8,16,21,24H,9-10H2,1-5H3. The fraction of sp³-hybridized carbons (Fsp3) is 0.500. The molecule has 0 aliphatic heterocycles. The average molecular weight is 337 g/mol. The second-order valence-corrected chi connectivity index (χ2v) is 7.01. The molecule has 0 amide bonds. The molecule has 1 aromatic heterocycles. The van der Waals surface area contributed by atoms with Gasteiger partial charge in [-0.3, -0.25) is 4.68 Å². The number of aliphatic hydroxyl groups is 1. The summed E-state index contributed by atoms with van der Waals surface area (Å²) in [6.45, 7) is 10.7. The maximum Gasteiger partial charge on any atom is 0.131 e. The molecule has 0 aliphatic carbocycles. The number of nitrogens with one attached hydrogen (secondary N) is 1. The molecular weight excluding hydrogens is 312 g/mol. The fourth-order valence-corrected chi connectivity index (χ4v) is 2.85. The first-order valence-corrected chi connectivity index (χ1v) is 8.01. The van der Waals surface area contributed by atoms with Crippen LogP contribution < -0.4 is 5.32 Å². The first-order valence-electron chi connectivity index (χ1n) is 8.01. The molecule has 1 unspecified atom stereocenters. The van der Waals surface area contributed by atoms with Gasteiger partial charge in [0, 0.05) is 24.3 Å². The molecule has 0 saturated heterocycles. The van der Waals surface area contributed by atoms with Gasteiger partial charge in [-0.2, -0.15) is 5.10 Å². The summed E-state index contributed by atoms with van der Waals surface area (Å²) in [6.07, 6.45) is -1.25. The molecule has 0 aliphatic rings. The Balaban J connectivity index is 2.06. The number of hydrogen-bond donors (Lipinski definition) is 2. The molecule has 0 fully saturated rings. The van der Waals surface area contributed by atoms with Crippen molar-refractivity contribution in [1.82, 2.24) is 15.1 Å². The maximum absolute atomic E-state index is 13.7. The lowest BCUT2D eigenvalue weighted by molar-refractivity contribution is 0.164. The predicted molar refractivity (Wildman–Crippen MR) is 89.7 cm³/mol. The number of rotatable bonds is 5. The van der Waals surface area contributed by atoms with Gasteiger partial charge >= 0.3 is 0 Å². The van der Waals surface area contributed by atoms with Gasteiger partial charge in [0.2, 0.25) is 0 Å². The molecule has 0 spiro atoms. The van der Waals surface area contributed by atoms with E-state index in [1.54, 1.807) is 0 Å². The van der Waals surface area contributed by atoms with E-state index in [-0.39, 0.29) is 17.6 Å². The molecule has 2 rings (SSSR count). The number of benzene rings is 1. The number of hydrogen-bond acceptors (Lipinski definition) is 3. The third kappa shape index (κ3) is 3.82. The minimum Gasteiger partial charge on any atom is -0.387 e. The average Bonchev–Trinajstić information content (AvgIpc) is 2.75. The van der Waals surface area contributed by atoms with Gasteiger partial charge in [-0.1, -0.05) is 6.07 Å². The monoisotopic (exact) mass is 337 g/mol. The van der Waals surface area contributed by atoms with Crippen LogP contribution in [0.15, 0.2) is 18.2 Å². The van der Waals surface area contributed by atoms with Crippen LogP contribution >= 0.6 is 0 Å². The normalized spacial score (nSPS) is 13.3. The lowest BCUT2D eigenvalue weighted by Gasteiger charge is -2.21. The predicted octanol–water partition coefficient (Wildman–Crippen LogP) is 3.36. The minimum atomic E-state index is -1.25. The lowest BCUT2D eigenvalue weighted by Crippen LogP contribution is -2.25. The summed E-state index contributed by atoms with van der Waals surface area (Å²) >= 11 is 0. The topological polar surface area (TPSA) is 50.1 Å². The first-order chi connectivity index (χ1) is 11.1. The number of nitrogens with zero attached hydrogens (tertiary/aromatic N) is 2. The molecule has 0 radical (unpaired) electrons. The molecule has 6 heteroatoms. The summed E-state index contributed by atoms with van der Waals surface area (Å²) in [5, 5.41) is 17.7. The van der Waals surface area contributed by atoms with E-state index in [1.165, 1.54) is 6.07 Å². The summed E-state index contributed by atoms with van der Waals surface area (Å²) in [4.78, 5) is 0. The zero-order chi connectivity index (χ0) is 18.1. The van der Waals surface area contributed by atoms with Gasteiger partial charge in [0.25, 0.3) is 0 Å². The summed E-state index contributed by atoms with van der Waals surface area (Å²) in [7, 11) is 0. The van der Waals surface area contributed by atoms with Crippen molar-refractivity contribution in [1.29, 1.82) is 0 Å². The third-order valence-electron chi connectivity index (χ3n) is 4.05. The Kier molecular flexibility index (Phi) is 5.40. The Bertz CT molecular complexity index is 700. The largest absolute Gasteiger partial charge is 0.387 e. The van der Waals surface area contributed by atoms with E-state index in [0.29, 0.717) is 6.54 Å². The zero-order valence-electron chi connectivity index (χ0n) is 14.8. The van der Waals surface area contributed by atoms with Crippen molar-refractivity contribution >= 4 is 0 Å². The van der Waals surface area contributed by atoms with E-state index in [4.69, 9.17) is 0 Å². The van der Waals surface area contributed by atoms with Crippen molar-refractivity contribution in [3.63, 3.8) is 0 Å². The highest BCUT2D eigenvalue weighted by atomic mass is 19.1. The molecule has 0 bridgehead atoms. The van der Waals surface area contributed by atoms with Gasteiger partial charge in [-0.25, -0.2) is 8.78 Å². The van der Waals surface area contributed by atoms with E-state index in [9.17, 15) is 13.9 Å². The highest BCUT2D eigenvalue weighted by Crippen LogP contribution is 2.22. The molecule has 1 aromatic carbocycles. The lowest BCUT2D eigenvalue weighted by atomic mass is 10.1. The molecule has 1 atom stereocenters. The fourth-order valence-electron chi connectivity index (χ4n) is 2.85. The number of aromatic nitrogens is 2. The third-order valence-corrected chi connectivity index (χ3v) is 4.05. The van der Waals surface area contributed by atoms with E-state index in [2.05, 4.69) is 31.2 Å². The Morgan fingerprint density at radius 1 is 1.21 bits per heavy atom. The van der Waals surface area contributed by atoms with Crippen LogP contribution in [0.2, 0.25) is 0 Å². The molecule has 132 valence electrons. The molecule has 2 N–H and O–H groups in total.